The van der Waals surface area contributed by atoms with Crippen molar-refractivity contribution in [2.75, 3.05) is 7.11 Å². The van der Waals surface area contributed by atoms with E-state index in [0.717, 1.165) is 10.8 Å². The maximum Gasteiger partial charge on any atom is 0.171 e. The van der Waals surface area contributed by atoms with Crippen LogP contribution in [0.2, 0.25) is 0 Å². The van der Waals surface area contributed by atoms with E-state index in [1.54, 1.807) is 36.6 Å². The average Bonchev–Trinajstić information content (AvgIpc) is 3.16. The minimum Gasteiger partial charge on any atom is -0.493 e. The molecular weight excluding hydrogens is 305 g/mol. The second-order valence-electron chi connectivity index (χ2n) is 4.62. The molecule has 4 heterocycles. The standard InChI is InChI=1S/C14H10FN5OS/c1-21-9-6-17-19(8-9)13-3-2-11-10-4-5-16-7-12(10)20(22-15)14(11)18-13/h2-8H,1H3. The first-order chi connectivity index (χ1) is 10.8. The van der Waals surface area contributed by atoms with Gasteiger partial charge >= 0.3 is 0 Å². The van der Waals surface area contributed by atoms with Crippen molar-refractivity contribution in [2.45, 2.75) is 0 Å². The highest BCUT2D eigenvalue weighted by molar-refractivity contribution is 7.93. The van der Waals surface area contributed by atoms with Gasteiger partial charge in [-0.05, 0) is 18.2 Å². The Kier molecular flexibility index (Phi) is 2.97. The molecule has 0 N–H and O–H groups in total. The Bertz CT molecular complexity index is 980. The van der Waals surface area contributed by atoms with E-state index in [1.165, 1.54) is 3.97 Å². The van der Waals surface area contributed by atoms with Gasteiger partial charge in [0.15, 0.2) is 29.5 Å². The predicted molar refractivity (Wildman–Crippen MR) is 82.8 cm³/mol. The van der Waals surface area contributed by atoms with Crippen LogP contribution in [0.15, 0.2) is 43.0 Å². The van der Waals surface area contributed by atoms with E-state index in [2.05, 4.69) is 15.1 Å². The minimum absolute atomic E-state index is 0.108. The van der Waals surface area contributed by atoms with Crippen LogP contribution < -0.4 is 4.74 Å². The Labute approximate surface area is 129 Å². The maximum absolute atomic E-state index is 13.4. The Morgan fingerprint density at radius 3 is 2.86 bits per heavy atom. The van der Waals surface area contributed by atoms with Gasteiger partial charge in [0.25, 0.3) is 0 Å². The van der Waals surface area contributed by atoms with Crippen LogP contribution in [0, 0.1) is 0 Å². The first kappa shape index (κ1) is 13.1. The highest BCUT2D eigenvalue weighted by Crippen LogP contribution is 2.31. The number of pyridine rings is 2. The Hall–Kier alpha value is -2.61. The van der Waals surface area contributed by atoms with Crippen molar-refractivity contribution in [1.29, 1.82) is 0 Å². The van der Waals surface area contributed by atoms with Crippen molar-refractivity contribution in [3.63, 3.8) is 0 Å². The van der Waals surface area contributed by atoms with Gasteiger partial charge in [0.05, 0.1) is 31.2 Å². The van der Waals surface area contributed by atoms with Crippen molar-refractivity contribution in [1.82, 2.24) is 23.7 Å². The Morgan fingerprint density at radius 2 is 2.09 bits per heavy atom. The molecular formula is C14H10FN5OS. The lowest BCUT2D eigenvalue weighted by atomic mass is 10.2. The van der Waals surface area contributed by atoms with E-state index in [4.69, 9.17) is 4.74 Å². The Balaban J connectivity index is 1.98. The van der Waals surface area contributed by atoms with Gasteiger partial charge in [0, 0.05) is 17.0 Å². The molecule has 6 nitrogen and oxygen atoms in total. The molecule has 8 heteroatoms. The van der Waals surface area contributed by atoms with Gasteiger partial charge in [0.2, 0.25) is 0 Å². The highest BCUT2D eigenvalue weighted by atomic mass is 32.2. The van der Waals surface area contributed by atoms with Gasteiger partial charge in [-0.1, -0.05) is 0 Å². The molecule has 0 aliphatic carbocycles. The van der Waals surface area contributed by atoms with E-state index in [1.807, 2.05) is 18.2 Å². The average molecular weight is 315 g/mol. The monoisotopic (exact) mass is 315 g/mol. The summed E-state index contributed by atoms with van der Waals surface area (Å²) in [6.45, 7) is 0. The molecule has 4 aromatic heterocycles. The highest BCUT2D eigenvalue weighted by Gasteiger charge is 2.14. The number of rotatable bonds is 3. The zero-order chi connectivity index (χ0) is 15.1. The quantitative estimate of drug-likeness (QED) is 0.581. The van der Waals surface area contributed by atoms with Gasteiger partial charge in [-0.25, -0.2) is 13.6 Å². The van der Waals surface area contributed by atoms with Crippen LogP contribution in [-0.4, -0.2) is 30.8 Å². The zero-order valence-electron chi connectivity index (χ0n) is 11.5. The lowest BCUT2D eigenvalue weighted by molar-refractivity contribution is 0.414. The molecule has 22 heavy (non-hydrogen) atoms. The fraction of sp³-hybridized carbons (Fsp3) is 0.0714. The first-order valence-electron chi connectivity index (χ1n) is 6.45. The topological polar surface area (TPSA) is 57.8 Å². The van der Waals surface area contributed by atoms with E-state index < -0.39 is 0 Å². The number of ether oxygens (including phenoxy) is 1. The summed E-state index contributed by atoms with van der Waals surface area (Å²) < 4.78 is 21.5. The number of halogens is 1. The van der Waals surface area contributed by atoms with E-state index >= 15 is 0 Å². The molecule has 110 valence electrons. The van der Waals surface area contributed by atoms with Crippen molar-refractivity contribution in [3.05, 3.63) is 43.0 Å². The lowest BCUT2D eigenvalue weighted by Gasteiger charge is -2.02. The minimum atomic E-state index is 0.108. The molecule has 4 aromatic rings. The van der Waals surface area contributed by atoms with Crippen molar-refractivity contribution < 1.29 is 8.62 Å². The fourth-order valence-electron chi connectivity index (χ4n) is 2.43. The summed E-state index contributed by atoms with van der Waals surface area (Å²) in [4.78, 5) is 8.57. The summed E-state index contributed by atoms with van der Waals surface area (Å²) in [5, 5.41) is 5.96. The van der Waals surface area contributed by atoms with Crippen molar-refractivity contribution in [3.8, 4) is 11.6 Å². The van der Waals surface area contributed by atoms with Crippen LogP contribution in [0.5, 0.6) is 5.75 Å². The molecule has 0 atom stereocenters. The number of hydrogen-bond donors (Lipinski definition) is 0. The molecule has 4 rings (SSSR count). The predicted octanol–water partition coefficient (Wildman–Crippen LogP) is 3.16. The third-order valence-corrected chi connectivity index (χ3v) is 3.97. The summed E-state index contributed by atoms with van der Waals surface area (Å²) >= 11 is 0.108. The maximum atomic E-state index is 13.4. The van der Waals surface area contributed by atoms with Gasteiger partial charge in [-0.15, -0.1) is 3.89 Å². The first-order valence-corrected chi connectivity index (χ1v) is 7.12. The molecule has 0 aromatic carbocycles. The van der Waals surface area contributed by atoms with Crippen LogP contribution in [0.3, 0.4) is 0 Å². The largest absolute Gasteiger partial charge is 0.493 e. The molecule has 0 saturated carbocycles. The number of nitrogens with zero attached hydrogens (tertiary/aromatic N) is 5. The summed E-state index contributed by atoms with van der Waals surface area (Å²) in [5.41, 5.74) is 1.22. The second kappa shape index (κ2) is 4.99. The number of methoxy groups -OCH3 is 1. The SMILES string of the molecule is COc1cnn(-c2ccc3c4ccncc4n(SF)c3n2)c1. The summed E-state index contributed by atoms with van der Waals surface area (Å²) in [6, 6.07) is 5.59. The summed E-state index contributed by atoms with van der Waals surface area (Å²) in [5.74, 6) is 1.22. The molecule has 0 amide bonds. The third-order valence-electron chi connectivity index (χ3n) is 3.46. The molecule has 0 aliphatic heterocycles. The van der Waals surface area contributed by atoms with Crippen molar-refractivity contribution in [2.24, 2.45) is 0 Å². The third kappa shape index (κ3) is 1.84. The summed E-state index contributed by atoms with van der Waals surface area (Å²) in [7, 11) is 1.57. The number of fused-ring (bicyclic) bond motifs is 3. The van der Waals surface area contributed by atoms with Crippen LogP contribution in [-0.2, 0) is 0 Å². The molecule has 0 unspecified atom stereocenters. The fourth-order valence-corrected chi connectivity index (χ4v) is 2.85. The van der Waals surface area contributed by atoms with Crippen molar-refractivity contribution >= 4 is 34.3 Å². The van der Waals surface area contributed by atoms with Crippen LogP contribution in [0.25, 0.3) is 27.8 Å². The smallest absolute Gasteiger partial charge is 0.171 e. The molecule has 0 spiro atoms. The van der Waals surface area contributed by atoms with E-state index in [9.17, 15) is 3.89 Å². The molecule has 0 saturated heterocycles. The molecule has 0 aliphatic rings. The molecule has 0 bridgehead atoms. The molecule has 0 fully saturated rings. The van der Waals surface area contributed by atoms with Gasteiger partial charge in [-0.3, -0.25) is 4.98 Å². The van der Waals surface area contributed by atoms with E-state index in [-0.39, 0.29) is 12.3 Å². The number of aromatic nitrogens is 5. The van der Waals surface area contributed by atoms with Crippen LogP contribution in [0.1, 0.15) is 0 Å². The number of hydrogen-bond acceptors (Lipinski definition) is 5. The Morgan fingerprint density at radius 1 is 1.18 bits per heavy atom. The normalized spacial score (nSPS) is 11.4. The molecule has 0 radical (unpaired) electrons. The lowest BCUT2D eigenvalue weighted by Crippen LogP contribution is -1.98. The van der Waals surface area contributed by atoms with Gasteiger partial charge in [0.1, 0.15) is 0 Å². The van der Waals surface area contributed by atoms with Crippen LogP contribution in [0.4, 0.5) is 3.89 Å². The van der Waals surface area contributed by atoms with Gasteiger partial charge < -0.3 is 4.74 Å². The van der Waals surface area contributed by atoms with Gasteiger partial charge in [-0.2, -0.15) is 5.10 Å². The summed E-state index contributed by atoms with van der Waals surface area (Å²) in [6.07, 6.45) is 6.61. The van der Waals surface area contributed by atoms with Crippen LogP contribution >= 0.6 is 12.3 Å². The van der Waals surface area contributed by atoms with E-state index in [0.29, 0.717) is 22.7 Å². The second-order valence-corrected chi connectivity index (χ2v) is 5.12. The zero-order valence-corrected chi connectivity index (χ0v) is 12.3.